The normalized spacial score (nSPS) is 51.0. The molecule has 0 aromatic rings. The lowest BCUT2D eigenvalue weighted by Crippen LogP contribution is -2.70. The van der Waals surface area contributed by atoms with E-state index in [1.54, 1.807) is 6.92 Å². The molecule has 29 heavy (non-hydrogen) atoms. The van der Waals surface area contributed by atoms with Crippen LogP contribution in [0, 0.1) is 22.7 Å². The summed E-state index contributed by atoms with van der Waals surface area (Å²) in [4.78, 5) is 35.5. The molecule has 2 unspecified atom stereocenters. The summed E-state index contributed by atoms with van der Waals surface area (Å²) in [7, 11) is 0. The molecule has 8 atom stereocenters. The molecule has 158 valence electrons. The molecule has 0 aromatic heterocycles. The average molecular weight is 408 g/mol. The van der Waals surface area contributed by atoms with Crippen molar-refractivity contribution in [3.63, 3.8) is 0 Å². The van der Waals surface area contributed by atoms with Crippen molar-refractivity contribution in [3.05, 3.63) is 23.8 Å². The van der Waals surface area contributed by atoms with Crippen molar-refractivity contribution in [3.8, 4) is 0 Å². The number of halogens is 1. The third-order valence-corrected chi connectivity index (χ3v) is 8.40. The maximum atomic E-state index is 16.8. The van der Waals surface area contributed by atoms with E-state index in [4.69, 9.17) is 0 Å². The quantitative estimate of drug-likeness (QED) is 0.495. The molecule has 0 heterocycles. The van der Waals surface area contributed by atoms with Crippen LogP contribution in [-0.4, -0.2) is 61.4 Å². The zero-order chi connectivity index (χ0) is 21.6. The molecule has 4 aliphatic carbocycles. The minimum atomic E-state index is -2.61. The van der Waals surface area contributed by atoms with Gasteiger partial charge in [0.05, 0.1) is 12.2 Å². The van der Waals surface area contributed by atoms with Crippen LogP contribution >= 0.6 is 0 Å². The summed E-state index contributed by atoms with van der Waals surface area (Å²) in [5, 5.41) is 41.8. The zero-order valence-corrected chi connectivity index (χ0v) is 16.3. The number of Topliss-reactive ketones (excluding diaryl/α,β-unsaturated/α-hetero) is 1. The number of alkyl halides is 1. The molecule has 7 nitrogen and oxygen atoms in total. The highest BCUT2D eigenvalue weighted by molar-refractivity contribution is 6.36. The highest BCUT2D eigenvalue weighted by atomic mass is 19.1. The minimum Gasteiger partial charge on any atom is -0.475 e. The van der Waals surface area contributed by atoms with Crippen molar-refractivity contribution in [2.75, 3.05) is 0 Å². The summed E-state index contributed by atoms with van der Waals surface area (Å²) in [5.41, 5.74) is -6.96. The second-order valence-electron chi connectivity index (χ2n) is 9.42. The van der Waals surface area contributed by atoms with Crippen LogP contribution in [0.3, 0.4) is 0 Å². The van der Waals surface area contributed by atoms with Gasteiger partial charge in [-0.15, -0.1) is 0 Å². The number of carboxylic acid groups (broad SMARTS) is 1. The Kier molecular flexibility index (Phi) is 4.10. The topological polar surface area (TPSA) is 132 Å². The lowest BCUT2D eigenvalue weighted by molar-refractivity contribution is -0.222. The first-order chi connectivity index (χ1) is 13.3. The maximum Gasteiger partial charge on any atom is 0.375 e. The van der Waals surface area contributed by atoms with E-state index in [1.165, 1.54) is 25.2 Å². The standard InChI is InChI=1S/C21H25FO7/c1-18-6-5-11(23)7-10(18)3-4-12-13-8-14(24)21(29,16(26)17(27)28)19(13,2)9-15(25)20(12,18)22/h5-7,12-15,24-25,29H,3-4,8-9H2,1-2H3,(H,27,28)/t12-,13-,14?,15?,18-,19-,20-,21-/m0/s1. The van der Waals surface area contributed by atoms with Gasteiger partial charge in [-0.2, -0.15) is 0 Å². The van der Waals surface area contributed by atoms with E-state index in [0.717, 1.165) is 0 Å². The van der Waals surface area contributed by atoms with E-state index in [2.05, 4.69) is 0 Å². The van der Waals surface area contributed by atoms with Gasteiger partial charge in [0, 0.05) is 16.7 Å². The fourth-order valence-electron chi connectivity index (χ4n) is 6.80. The summed E-state index contributed by atoms with van der Waals surface area (Å²) in [6.45, 7) is 3.07. The monoisotopic (exact) mass is 408 g/mol. The van der Waals surface area contributed by atoms with E-state index in [9.17, 15) is 34.8 Å². The Hall–Kier alpha value is -1.90. The number of allylic oxidation sites excluding steroid dienone is 4. The predicted molar refractivity (Wildman–Crippen MR) is 97.3 cm³/mol. The predicted octanol–water partition coefficient (Wildman–Crippen LogP) is 0.713. The van der Waals surface area contributed by atoms with Gasteiger partial charge in [0.2, 0.25) is 0 Å². The summed E-state index contributed by atoms with van der Waals surface area (Å²) in [5.74, 6) is -5.22. The Morgan fingerprint density at radius 2 is 1.83 bits per heavy atom. The SMILES string of the molecule is C[C@]12C=CC(=O)C=C1CC[C@H]1[C@@H]3CC(O)[C@](O)(C(=O)C(=O)O)[C@@]3(C)CC(O)[C@@]12F. The largest absolute Gasteiger partial charge is 0.475 e. The number of ketones is 2. The van der Waals surface area contributed by atoms with Crippen LogP contribution in [0.15, 0.2) is 23.8 Å². The average Bonchev–Trinajstić information content (AvgIpc) is 2.84. The first-order valence-electron chi connectivity index (χ1n) is 9.83. The number of carbonyl (C=O) groups is 3. The third-order valence-electron chi connectivity index (χ3n) is 8.40. The number of hydrogen-bond donors (Lipinski definition) is 4. The van der Waals surface area contributed by atoms with Gasteiger partial charge in [-0.25, -0.2) is 9.18 Å². The fourth-order valence-corrected chi connectivity index (χ4v) is 6.80. The second-order valence-corrected chi connectivity index (χ2v) is 9.42. The van der Waals surface area contributed by atoms with Crippen molar-refractivity contribution < 1.29 is 39.2 Å². The van der Waals surface area contributed by atoms with Gasteiger partial charge in [-0.3, -0.25) is 9.59 Å². The molecule has 0 saturated heterocycles. The highest BCUT2D eigenvalue weighted by Crippen LogP contribution is 2.69. The van der Waals surface area contributed by atoms with Gasteiger partial charge in [0.15, 0.2) is 17.1 Å². The lowest BCUT2D eigenvalue weighted by atomic mass is 9.44. The van der Waals surface area contributed by atoms with Crippen LogP contribution in [0.2, 0.25) is 0 Å². The third kappa shape index (κ3) is 2.14. The summed E-state index contributed by atoms with van der Waals surface area (Å²) < 4.78 is 16.8. The number of hydrogen-bond acceptors (Lipinski definition) is 6. The van der Waals surface area contributed by atoms with E-state index < -0.39 is 57.9 Å². The number of fused-ring (bicyclic) bond motifs is 5. The smallest absolute Gasteiger partial charge is 0.375 e. The minimum absolute atomic E-state index is 0.146. The number of aliphatic carboxylic acids is 1. The van der Waals surface area contributed by atoms with Gasteiger partial charge >= 0.3 is 5.97 Å². The summed E-state index contributed by atoms with van der Waals surface area (Å²) >= 11 is 0. The Morgan fingerprint density at radius 1 is 1.17 bits per heavy atom. The van der Waals surface area contributed by atoms with Crippen LogP contribution < -0.4 is 0 Å². The highest BCUT2D eigenvalue weighted by Gasteiger charge is 2.76. The molecule has 3 saturated carbocycles. The Bertz CT molecular complexity index is 880. The van der Waals surface area contributed by atoms with Crippen molar-refractivity contribution in [1.29, 1.82) is 0 Å². The summed E-state index contributed by atoms with van der Waals surface area (Å²) in [6, 6.07) is 0. The van der Waals surface area contributed by atoms with Gasteiger partial charge in [-0.1, -0.05) is 18.6 Å². The molecule has 8 heteroatoms. The molecule has 4 aliphatic rings. The van der Waals surface area contributed by atoms with Gasteiger partial charge in [0.1, 0.15) is 0 Å². The molecule has 0 bridgehead atoms. The fraction of sp³-hybridized carbons (Fsp3) is 0.667. The second kappa shape index (κ2) is 5.83. The first-order valence-corrected chi connectivity index (χ1v) is 9.83. The van der Waals surface area contributed by atoms with Gasteiger partial charge in [-0.05, 0) is 50.7 Å². The molecule has 4 N–H and O–H groups in total. The summed E-state index contributed by atoms with van der Waals surface area (Å²) in [6.07, 6.45) is 0.956. The van der Waals surface area contributed by atoms with Crippen molar-refractivity contribution in [2.45, 2.75) is 63.0 Å². The Balaban J connectivity index is 1.84. The number of carbonyl (C=O) groups excluding carboxylic acids is 2. The molecule has 3 fully saturated rings. The number of rotatable bonds is 2. The molecule has 0 spiro atoms. The molecular formula is C21H25FO7. The molecule has 4 rings (SSSR count). The molecular weight excluding hydrogens is 383 g/mol. The van der Waals surface area contributed by atoms with E-state index in [-0.39, 0.29) is 25.0 Å². The van der Waals surface area contributed by atoms with E-state index in [0.29, 0.717) is 12.0 Å². The van der Waals surface area contributed by atoms with Crippen LogP contribution in [-0.2, 0) is 14.4 Å². The number of aliphatic hydroxyl groups is 3. The Morgan fingerprint density at radius 3 is 2.45 bits per heavy atom. The van der Waals surface area contributed by atoms with Crippen molar-refractivity contribution in [2.24, 2.45) is 22.7 Å². The van der Waals surface area contributed by atoms with Crippen molar-refractivity contribution >= 4 is 17.5 Å². The lowest BCUT2D eigenvalue weighted by Gasteiger charge is -2.62. The molecule has 0 aromatic carbocycles. The number of aliphatic hydroxyl groups excluding tert-OH is 2. The van der Waals surface area contributed by atoms with Crippen molar-refractivity contribution in [1.82, 2.24) is 0 Å². The Labute approximate surface area is 166 Å². The van der Waals surface area contributed by atoms with E-state index >= 15 is 4.39 Å². The van der Waals surface area contributed by atoms with Gasteiger partial charge in [0.25, 0.3) is 5.78 Å². The molecule has 0 radical (unpaired) electrons. The zero-order valence-electron chi connectivity index (χ0n) is 16.3. The molecule has 0 amide bonds. The van der Waals surface area contributed by atoms with Crippen LogP contribution in [0.1, 0.15) is 39.5 Å². The van der Waals surface area contributed by atoms with Crippen LogP contribution in [0.25, 0.3) is 0 Å². The first kappa shape index (κ1) is 20.4. The number of carboxylic acids is 1. The van der Waals surface area contributed by atoms with Crippen LogP contribution in [0.4, 0.5) is 4.39 Å². The van der Waals surface area contributed by atoms with Gasteiger partial charge < -0.3 is 20.4 Å². The molecule has 0 aliphatic heterocycles. The van der Waals surface area contributed by atoms with E-state index in [1.807, 2.05) is 0 Å². The maximum absolute atomic E-state index is 16.8. The van der Waals surface area contributed by atoms with Crippen LogP contribution in [0.5, 0.6) is 0 Å².